The Balaban J connectivity index is 1.69. The fraction of sp³-hybridized carbons (Fsp3) is 0.480. The second-order valence-electron chi connectivity index (χ2n) is 8.39. The number of benzene rings is 2. The minimum absolute atomic E-state index is 0.226. The molecule has 0 saturated heterocycles. The average molecular weight is 471 g/mol. The molecule has 1 heterocycles. The number of nitro groups is 1. The molecular weight excluding hydrogens is 440 g/mol. The summed E-state index contributed by atoms with van der Waals surface area (Å²) in [6.07, 6.45) is 1.01. The van der Waals surface area contributed by atoms with E-state index in [1.165, 1.54) is 21.3 Å². The highest BCUT2D eigenvalue weighted by molar-refractivity contribution is 5.59. The van der Waals surface area contributed by atoms with Crippen LogP contribution < -0.4 is 23.7 Å². The summed E-state index contributed by atoms with van der Waals surface area (Å²) in [5.74, 6) is 2.56. The molecule has 3 unspecified atom stereocenters. The fourth-order valence-electron chi connectivity index (χ4n) is 4.27. The van der Waals surface area contributed by atoms with Crippen LogP contribution in [-0.2, 0) is 5.41 Å². The maximum Gasteiger partial charge on any atom is 0.216 e. The Kier molecular flexibility index (Phi) is 8.05. The summed E-state index contributed by atoms with van der Waals surface area (Å²) in [7, 11) is 4.54. The van der Waals surface area contributed by atoms with Gasteiger partial charge in [0.25, 0.3) is 0 Å². The second kappa shape index (κ2) is 11.0. The molecule has 2 aromatic carbocycles. The number of hydrogen-bond donors (Lipinski definition) is 0. The van der Waals surface area contributed by atoms with Crippen molar-refractivity contribution in [2.45, 2.75) is 50.2 Å². The third kappa shape index (κ3) is 5.28. The lowest BCUT2D eigenvalue weighted by Gasteiger charge is -2.28. The first-order chi connectivity index (χ1) is 16.4. The van der Waals surface area contributed by atoms with Crippen molar-refractivity contribution in [1.29, 1.82) is 5.26 Å². The van der Waals surface area contributed by atoms with Crippen molar-refractivity contribution in [3.05, 3.63) is 52.1 Å². The summed E-state index contributed by atoms with van der Waals surface area (Å²) in [6, 6.07) is 12.3. The molecule has 0 spiro atoms. The van der Waals surface area contributed by atoms with Crippen molar-refractivity contribution in [3.8, 4) is 34.8 Å². The molecule has 0 N–H and O–H groups in total. The number of para-hydroxylation sites is 2. The van der Waals surface area contributed by atoms with E-state index in [0.29, 0.717) is 53.6 Å². The van der Waals surface area contributed by atoms with Crippen LogP contribution in [0.5, 0.6) is 28.7 Å². The Morgan fingerprint density at radius 3 is 2.47 bits per heavy atom. The first kappa shape index (κ1) is 25.0. The lowest BCUT2D eigenvalue weighted by Crippen LogP contribution is -2.35. The van der Waals surface area contributed by atoms with Crippen LogP contribution in [0.4, 0.5) is 0 Å². The van der Waals surface area contributed by atoms with Crippen LogP contribution in [0.3, 0.4) is 0 Å². The van der Waals surface area contributed by atoms with Gasteiger partial charge in [-0.2, -0.15) is 5.26 Å². The maximum atomic E-state index is 11.8. The first-order valence-corrected chi connectivity index (χ1v) is 11.1. The number of ether oxygens (including phenoxy) is 5. The summed E-state index contributed by atoms with van der Waals surface area (Å²) in [4.78, 5) is 11.5. The molecule has 2 aromatic rings. The lowest BCUT2D eigenvalue weighted by atomic mass is 9.78. The third-order valence-corrected chi connectivity index (χ3v) is 6.16. The predicted molar refractivity (Wildman–Crippen MR) is 125 cm³/mol. The van der Waals surface area contributed by atoms with Crippen molar-refractivity contribution >= 4 is 0 Å². The van der Waals surface area contributed by atoms with Crippen molar-refractivity contribution in [2.75, 3.05) is 27.9 Å². The van der Waals surface area contributed by atoms with E-state index < -0.39 is 17.6 Å². The van der Waals surface area contributed by atoms with Crippen LogP contribution in [-0.4, -0.2) is 45.0 Å². The summed E-state index contributed by atoms with van der Waals surface area (Å²) in [6.45, 7) is 2.06. The van der Waals surface area contributed by atoms with E-state index in [0.717, 1.165) is 0 Å². The van der Waals surface area contributed by atoms with Gasteiger partial charge in [0.15, 0.2) is 23.0 Å². The Hall–Kier alpha value is -3.67. The molecule has 0 saturated carbocycles. The molecule has 0 aliphatic carbocycles. The van der Waals surface area contributed by atoms with E-state index in [9.17, 15) is 15.4 Å². The van der Waals surface area contributed by atoms with Gasteiger partial charge in [-0.1, -0.05) is 12.1 Å². The van der Waals surface area contributed by atoms with E-state index in [2.05, 4.69) is 6.07 Å². The van der Waals surface area contributed by atoms with E-state index in [1.54, 1.807) is 25.1 Å². The number of nitriles is 1. The maximum absolute atomic E-state index is 11.8. The van der Waals surface area contributed by atoms with E-state index >= 15 is 0 Å². The van der Waals surface area contributed by atoms with Gasteiger partial charge in [-0.3, -0.25) is 10.1 Å². The normalized spacial score (nSPS) is 17.1. The van der Waals surface area contributed by atoms with Crippen molar-refractivity contribution in [3.63, 3.8) is 0 Å². The molecule has 9 nitrogen and oxygen atoms in total. The van der Waals surface area contributed by atoms with Crippen molar-refractivity contribution < 1.29 is 28.6 Å². The van der Waals surface area contributed by atoms with Gasteiger partial charge in [0.1, 0.15) is 12.7 Å². The van der Waals surface area contributed by atoms with Gasteiger partial charge in [0.2, 0.25) is 11.8 Å². The minimum atomic E-state index is -0.935. The van der Waals surface area contributed by atoms with Crippen molar-refractivity contribution in [1.82, 2.24) is 0 Å². The molecule has 3 rings (SSSR count). The standard InChI is InChI=1S/C25H30N2O7/c1-25(16-26,19-11-12-22(30-2)24(32-4)23(19)31-3)13-7-8-17(27(28)29)14-18-15-33-20-9-5-6-10-21(20)34-18/h5-6,9-12,17-18H,7-8,13-15H2,1-4H3. The van der Waals surface area contributed by atoms with Crippen LogP contribution in [0.25, 0.3) is 0 Å². The summed E-state index contributed by atoms with van der Waals surface area (Å²) < 4.78 is 27.9. The van der Waals surface area contributed by atoms with Gasteiger partial charge in [0, 0.05) is 16.9 Å². The molecule has 0 amide bonds. The Morgan fingerprint density at radius 2 is 1.85 bits per heavy atom. The smallest absolute Gasteiger partial charge is 0.216 e. The van der Waals surface area contributed by atoms with E-state index in [-0.39, 0.29) is 18.0 Å². The molecule has 3 atom stereocenters. The fourth-order valence-corrected chi connectivity index (χ4v) is 4.27. The zero-order valence-corrected chi connectivity index (χ0v) is 19.9. The van der Waals surface area contributed by atoms with Crippen LogP contribution in [0.1, 0.15) is 38.2 Å². The van der Waals surface area contributed by atoms with E-state index in [4.69, 9.17) is 23.7 Å². The molecule has 1 aliphatic heterocycles. The highest BCUT2D eigenvalue weighted by Gasteiger charge is 2.35. The Labute approximate surface area is 199 Å². The Morgan fingerprint density at radius 1 is 1.15 bits per heavy atom. The molecule has 182 valence electrons. The van der Waals surface area contributed by atoms with Crippen molar-refractivity contribution in [2.24, 2.45) is 0 Å². The quantitative estimate of drug-likeness (QED) is 0.347. The third-order valence-electron chi connectivity index (χ3n) is 6.16. The molecule has 1 aliphatic rings. The van der Waals surface area contributed by atoms with Gasteiger partial charge in [0.05, 0.1) is 39.2 Å². The Bertz CT molecular complexity index is 1050. The number of hydrogen-bond acceptors (Lipinski definition) is 8. The molecule has 9 heteroatoms. The van der Waals surface area contributed by atoms with Crippen LogP contribution in [0.2, 0.25) is 0 Å². The summed E-state index contributed by atoms with van der Waals surface area (Å²) >= 11 is 0. The van der Waals surface area contributed by atoms with Crippen LogP contribution >= 0.6 is 0 Å². The molecule has 0 fully saturated rings. The second-order valence-corrected chi connectivity index (χ2v) is 8.39. The lowest BCUT2D eigenvalue weighted by molar-refractivity contribution is -0.526. The summed E-state index contributed by atoms with van der Waals surface area (Å²) in [5, 5.41) is 21.8. The zero-order chi connectivity index (χ0) is 24.7. The first-order valence-electron chi connectivity index (χ1n) is 11.1. The van der Waals surface area contributed by atoms with Gasteiger partial charge in [-0.15, -0.1) is 0 Å². The number of fused-ring (bicyclic) bond motifs is 1. The molecule has 0 aromatic heterocycles. The average Bonchev–Trinajstić information content (AvgIpc) is 2.86. The van der Waals surface area contributed by atoms with Gasteiger partial charge in [-0.05, 0) is 44.0 Å². The highest BCUT2D eigenvalue weighted by atomic mass is 16.6. The number of nitrogens with zero attached hydrogens (tertiary/aromatic N) is 2. The molecular formula is C25H30N2O7. The summed E-state index contributed by atoms with van der Waals surface area (Å²) in [5.41, 5.74) is -0.288. The van der Waals surface area contributed by atoms with Gasteiger partial charge >= 0.3 is 0 Å². The number of methoxy groups -OCH3 is 3. The number of rotatable bonds is 11. The SMILES string of the molecule is COc1ccc(C(C)(C#N)CCCC(CC2COc3ccccc3O2)[N+](=O)[O-])c(OC)c1OC. The predicted octanol–water partition coefficient (Wildman–Crippen LogP) is 4.54. The molecule has 34 heavy (non-hydrogen) atoms. The topological polar surface area (TPSA) is 113 Å². The minimum Gasteiger partial charge on any atom is -0.493 e. The van der Waals surface area contributed by atoms with Gasteiger partial charge < -0.3 is 23.7 Å². The van der Waals surface area contributed by atoms with Crippen LogP contribution in [0.15, 0.2) is 36.4 Å². The largest absolute Gasteiger partial charge is 0.493 e. The molecule has 0 radical (unpaired) electrons. The monoisotopic (exact) mass is 470 g/mol. The highest BCUT2D eigenvalue weighted by Crippen LogP contribution is 2.45. The van der Waals surface area contributed by atoms with E-state index in [1.807, 2.05) is 18.2 Å². The molecule has 0 bridgehead atoms. The zero-order valence-electron chi connectivity index (χ0n) is 19.9. The van der Waals surface area contributed by atoms with Crippen LogP contribution in [0, 0.1) is 21.4 Å². The van der Waals surface area contributed by atoms with Gasteiger partial charge in [-0.25, -0.2) is 0 Å².